The number of aromatic nitrogens is 1. The number of amides is 1. The second kappa shape index (κ2) is 7.98. The predicted octanol–water partition coefficient (Wildman–Crippen LogP) is 4.14. The van der Waals surface area contributed by atoms with Gasteiger partial charge in [0.05, 0.1) is 5.56 Å². The summed E-state index contributed by atoms with van der Waals surface area (Å²) >= 11 is 0. The van der Waals surface area contributed by atoms with Gasteiger partial charge in [0.1, 0.15) is 0 Å². The molecule has 1 saturated carbocycles. The van der Waals surface area contributed by atoms with Crippen LogP contribution in [0.4, 0.5) is 0 Å². The number of nitrogens with one attached hydrogen (secondary N) is 2. The number of benzene rings is 1. The fraction of sp³-hybridized carbons (Fsp3) is 0.565. The molecule has 0 unspecified atom stereocenters. The molecule has 2 aliphatic rings. The van der Waals surface area contributed by atoms with E-state index in [1.165, 1.54) is 17.7 Å². The average molecular weight is 383 g/mol. The molecule has 0 saturated heterocycles. The zero-order chi connectivity index (χ0) is 19.7. The first-order valence-corrected chi connectivity index (χ1v) is 10.6. The number of hydrogen-bond donors (Lipinski definition) is 2. The van der Waals surface area contributed by atoms with Crippen LogP contribution >= 0.6 is 0 Å². The van der Waals surface area contributed by atoms with Crippen molar-refractivity contribution >= 4 is 22.8 Å². The first-order chi connectivity index (χ1) is 13.5. The number of fused-ring (bicyclic) bond motifs is 3. The van der Waals surface area contributed by atoms with E-state index in [1.807, 2.05) is 12.1 Å². The molecular weight excluding hydrogens is 352 g/mol. The number of hydrogen-bond acceptors (Lipinski definition) is 3. The summed E-state index contributed by atoms with van der Waals surface area (Å²) < 4.78 is 5.28. The van der Waals surface area contributed by atoms with Gasteiger partial charge in [0.25, 0.3) is 5.91 Å². The second-order valence-corrected chi connectivity index (χ2v) is 8.79. The number of ether oxygens (including phenoxy) is 1. The van der Waals surface area contributed by atoms with Gasteiger partial charge < -0.3 is 15.0 Å². The fourth-order valence-electron chi connectivity index (χ4n) is 4.61. The van der Waals surface area contributed by atoms with Crippen LogP contribution in [0, 0.1) is 11.8 Å². The molecule has 0 bridgehead atoms. The van der Waals surface area contributed by atoms with Gasteiger partial charge in [-0.1, -0.05) is 13.8 Å². The minimum atomic E-state index is -0.437. The lowest BCUT2D eigenvalue weighted by Crippen LogP contribution is -2.39. The highest BCUT2D eigenvalue weighted by Gasteiger charge is 2.22. The third-order valence-corrected chi connectivity index (χ3v) is 6.39. The molecule has 28 heavy (non-hydrogen) atoms. The smallest absolute Gasteiger partial charge is 0.338 e. The van der Waals surface area contributed by atoms with Crippen molar-refractivity contribution in [2.45, 2.75) is 64.8 Å². The molecule has 2 aromatic rings. The molecule has 2 N–H and O–H groups in total. The minimum Gasteiger partial charge on any atom is -0.452 e. The molecule has 0 aliphatic heterocycles. The lowest BCUT2D eigenvalue weighted by Gasteiger charge is -2.26. The number of H-pyrrole nitrogens is 1. The number of esters is 1. The number of aromatic amines is 1. The molecule has 4 rings (SSSR count). The van der Waals surface area contributed by atoms with Gasteiger partial charge in [-0.25, -0.2) is 4.79 Å². The summed E-state index contributed by atoms with van der Waals surface area (Å²) in [6.45, 7) is 4.30. The van der Waals surface area contributed by atoms with Gasteiger partial charge in [-0.3, -0.25) is 4.79 Å². The number of carbonyl (C=O) groups excluding carboxylic acids is 2. The molecule has 1 heterocycles. The van der Waals surface area contributed by atoms with E-state index in [-0.39, 0.29) is 18.6 Å². The van der Waals surface area contributed by atoms with Gasteiger partial charge in [-0.2, -0.15) is 0 Å². The van der Waals surface area contributed by atoms with E-state index in [1.54, 1.807) is 6.07 Å². The van der Waals surface area contributed by atoms with E-state index >= 15 is 0 Å². The zero-order valence-corrected chi connectivity index (χ0v) is 16.8. The van der Waals surface area contributed by atoms with Crippen LogP contribution < -0.4 is 5.32 Å². The Morgan fingerprint density at radius 1 is 1.11 bits per heavy atom. The van der Waals surface area contributed by atoms with Crippen LogP contribution in [-0.4, -0.2) is 29.5 Å². The normalized spacial score (nSPS) is 24.6. The molecule has 5 nitrogen and oxygen atoms in total. The summed E-state index contributed by atoms with van der Waals surface area (Å²) in [6, 6.07) is 5.84. The lowest BCUT2D eigenvalue weighted by atomic mass is 9.87. The molecule has 2 aliphatic carbocycles. The van der Waals surface area contributed by atoms with Crippen LogP contribution in [0.1, 0.15) is 67.6 Å². The van der Waals surface area contributed by atoms with Gasteiger partial charge >= 0.3 is 5.97 Å². The Morgan fingerprint density at radius 3 is 2.68 bits per heavy atom. The van der Waals surface area contributed by atoms with E-state index < -0.39 is 5.97 Å². The largest absolute Gasteiger partial charge is 0.452 e. The third kappa shape index (κ3) is 4.08. The van der Waals surface area contributed by atoms with Crippen molar-refractivity contribution in [3.05, 3.63) is 35.0 Å². The van der Waals surface area contributed by atoms with Crippen LogP contribution in [0.3, 0.4) is 0 Å². The summed E-state index contributed by atoms with van der Waals surface area (Å²) in [7, 11) is 0. The van der Waals surface area contributed by atoms with Crippen molar-refractivity contribution in [1.82, 2.24) is 10.3 Å². The van der Waals surface area contributed by atoms with Gasteiger partial charge in [0, 0.05) is 22.6 Å². The van der Waals surface area contributed by atoms with Crippen molar-refractivity contribution in [2.75, 3.05) is 6.61 Å². The number of rotatable bonds is 4. The Morgan fingerprint density at radius 2 is 1.89 bits per heavy atom. The van der Waals surface area contributed by atoms with E-state index in [4.69, 9.17) is 4.74 Å². The van der Waals surface area contributed by atoms with Gasteiger partial charge in [-0.05, 0) is 80.5 Å². The van der Waals surface area contributed by atoms with Crippen molar-refractivity contribution in [3.63, 3.8) is 0 Å². The molecule has 5 heteroatoms. The van der Waals surface area contributed by atoms with Gasteiger partial charge in [0.15, 0.2) is 6.61 Å². The Bertz CT molecular complexity index is 877. The van der Waals surface area contributed by atoms with Crippen LogP contribution in [0.15, 0.2) is 18.2 Å². The molecule has 1 aromatic heterocycles. The first kappa shape index (κ1) is 19.0. The van der Waals surface area contributed by atoms with Crippen molar-refractivity contribution < 1.29 is 14.3 Å². The molecule has 1 aromatic carbocycles. The van der Waals surface area contributed by atoms with Crippen LogP contribution in [0.5, 0.6) is 0 Å². The zero-order valence-electron chi connectivity index (χ0n) is 16.8. The maximum absolute atomic E-state index is 12.5. The Labute approximate surface area is 166 Å². The van der Waals surface area contributed by atoms with Crippen LogP contribution in [0.2, 0.25) is 0 Å². The topological polar surface area (TPSA) is 71.2 Å². The SMILES string of the molecule is CC1CCC(NC(=O)COC(=O)c2ccc3[nH]c4c(c3c2)C[C@@H](C)CC4)CC1. The minimum absolute atomic E-state index is 0.207. The summed E-state index contributed by atoms with van der Waals surface area (Å²) in [5, 5.41) is 4.10. The number of carbonyl (C=O) groups is 2. The van der Waals surface area contributed by atoms with E-state index in [9.17, 15) is 9.59 Å². The van der Waals surface area contributed by atoms with Gasteiger partial charge in [0.2, 0.25) is 0 Å². The molecule has 0 spiro atoms. The third-order valence-electron chi connectivity index (χ3n) is 6.39. The highest BCUT2D eigenvalue weighted by atomic mass is 16.5. The fourth-order valence-corrected chi connectivity index (χ4v) is 4.61. The quantitative estimate of drug-likeness (QED) is 0.781. The van der Waals surface area contributed by atoms with Crippen molar-refractivity contribution in [1.29, 1.82) is 0 Å². The van der Waals surface area contributed by atoms with Crippen molar-refractivity contribution in [2.24, 2.45) is 11.8 Å². The molecule has 0 radical (unpaired) electrons. The Kier molecular flexibility index (Phi) is 5.42. The van der Waals surface area contributed by atoms with E-state index in [0.717, 1.165) is 55.3 Å². The lowest BCUT2D eigenvalue weighted by molar-refractivity contribution is -0.125. The molecule has 150 valence electrons. The van der Waals surface area contributed by atoms with Crippen LogP contribution in [-0.2, 0) is 22.4 Å². The summed E-state index contributed by atoms with van der Waals surface area (Å²) in [5.74, 6) is 0.756. The maximum atomic E-state index is 12.5. The van der Waals surface area contributed by atoms with Crippen LogP contribution in [0.25, 0.3) is 10.9 Å². The molecule has 1 fully saturated rings. The standard InChI is InChI=1S/C23H30N2O3/c1-14-3-7-17(8-4-14)24-22(26)13-28-23(27)16-6-10-21-19(12-16)18-11-15(2)5-9-20(18)25-21/h6,10,12,14-15,17,25H,3-5,7-9,11,13H2,1-2H3,(H,24,26)/t14?,15-,17?/m0/s1. The summed E-state index contributed by atoms with van der Waals surface area (Å²) in [5.41, 5.74) is 4.19. The second-order valence-electron chi connectivity index (χ2n) is 8.79. The maximum Gasteiger partial charge on any atom is 0.338 e. The van der Waals surface area contributed by atoms with Crippen molar-refractivity contribution in [3.8, 4) is 0 Å². The Hall–Kier alpha value is -2.30. The summed E-state index contributed by atoms with van der Waals surface area (Å²) in [4.78, 5) is 28.1. The first-order valence-electron chi connectivity index (χ1n) is 10.6. The monoisotopic (exact) mass is 382 g/mol. The predicted molar refractivity (Wildman–Crippen MR) is 109 cm³/mol. The average Bonchev–Trinajstić information content (AvgIpc) is 3.05. The van der Waals surface area contributed by atoms with E-state index in [2.05, 4.69) is 24.1 Å². The summed E-state index contributed by atoms with van der Waals surface area (Å²) in [6.07, 6.45) is 7.60. The van der Waals surface area contributed by atoms with E-state index in [0.29, 0.717) is 11.5 Å². The van der Waals surface area contributed by atoms with Gasteiger partial charge in [-0.15, -0.1) is 0 Å². The Balaban J connectivity index is 1.37. The molecule has 1 atom stereocenters. The highest BCUT2D eigenvalue weighted by molar-refractivity contribution is 5.97. The number of aryl methyl sites for hydroxylation is 1. The molecular formula is C23H30N2O3. The molecule has 1 amide bonds. The highest BCUT2D eigenvalue weighted by Crippen LogP contribution is 2.32.